The second-order valence-corrected chi connectivity index (χ2v) is 4.48. The molecule has 0 aliphatic carbocycles. The van der Waals surface area contributed by atoms with E-state index >= 15 is 0 Å². The number of anilines is 2. The Hall–Kier alpha value is -2.08. The van der Waals surface area contributed by atoms with Crippen LogP contribution in [0.2, 0.25) is 5.28 Å². The first-order valence-corrected chi connectivity index (χ1v) is 7.13. The van der Waals surface area contributed by atoms with E-state index in [1.807, 2.05) is 38.1 Å². The van der Waals surface area contributed by atoms with Crippen molar-refractivity contribution in [2.24, 2.45) is 0 Å². The minimum atomic E-state index is 0.0829. The molecule has 21 heavy (non-hydrogen) atoms. The van der Waals surface area contributed by atoms with Crippen LogP contribution in [0, 0.1) is 0 Å². The Morgan fingerprint density at radius 1 is 1.14 bits per heavy atom. The highest BCUT2D eigenvalue weighted by Gasteiger charge is 2.07. The van der Waals surface area contributed by atoms with E-state index in [0.717, 1.165) is 17.9 Å². The standard InChI is InChI=1S/C14H17ClN4O2/c1-3-8-21-14-18-12(15)17-13(19-14)16-10-6-5-7-11(9-10)20-4-2/h5-7,9H,3-4,8H2,1-2H3,(H,16,17,18,19). The van der Waals surface area contributed by atoms with Gasteiger partial charge in [-0.1, -0.05) is 13.0 Å². The van der Waals surface area contributed by atoms with Gasteiger partial charge in [0.2, 0.25) is 11.2 Å². The minimum Gasteiger partial charge on any atom is -0.494 e. The molecule has 0 aliphatic rings. The van der Waals surface area contributed by atoms with E-state index in [2.05, 4.69) is 20.3 Å². The average molecular weight is 309 g/mol. The zero-order valence-electron chi connectivity index (χ0n) is 12.0. The summed E-state index contributed by atoms with van der Waals surface area (Å²) in [5.41, 5.74) is 0.796. The molecule has 2 rings (SSSR count). The molecule has 1 N–H and O–H groups in total. The second-order valence-electron chi connectivity index (χ2n) is 4.14. The Morgan fingerprint density at radius 3 is 2.76 bits per heavy atom. The van der Waals surface area contributed by atoms with Crippen LogP contribution in [0.25, 0.3) is 0 Å². The molecule has 0 unspecified atom stereocenters. The molecule has 0 amide bonds. The first-order valence-electron chi connectivity index (χ1n) is 6.75. The normalized spacial score (nSPS) is 10.2. The maximum atomic E-state index is 5.87. The van der Waals surface area contributed by atoms with Crippen LogP contribution in [-0.2, 0) is 0 Å². The summed E-state index contributed by atoms with van der Waals surface area (Å²) in [5.74, 6) is 1.10. The number of rotatable bonds is 7. The molecule has 1 heterocycles. The number of ether oxygens (including phenoxy) is 2. The van der Waals surface area contributed by atoms with Crippen molar-refractivity contribution in [3.05, 3.63) is 29.5 Å². The van der Waals surface area contributed by atoms with Gasteiger partial charge in [0.05, 0.1) is 13.2 Å². The van der Waals surface area contributed by atoms with Crippen molar-refractivity contribution in [2.75, 3.05) is 18.5 Å². The number of nitrogens with one attached hydrogen (secondary N) is 1. The lowest BCUT2D eigenvalue weighted by molar-refractivity contribution is 0.292. The predicted molar refractivity (Wildman–Crippen MR) is 81.5 cm³/mol. The van der Waals surface area contributed by atoms with E-state index in [1.54, 1.807) is 0 Å². The lowest BCUT2D eigenvalue weighted by atomic mass is 10.3. The Balaban J connectivity index is 2.14. The van der Waals surface area contributed by atoms with Gasteiger partial charge in [0, 0.05) is 11.8 Å². The highest BCUT2D eigenvalue weighted by Crippen LogP contribution is 2.21. The van der Waals surface area contributed by atoms with Crippen molar-refractivity contribution in [3.63, 3.8) is 0 Å². The molecule has 7 heteroatoms. The Morgan fingerprint density at radius 2 is 2.00 bits per heavy atom. The average Bonchev–Trinajstić information content (AvgIpc) is 2.45. The van der Waals surface area contributed by atoms with Crippen LogP contribution in [0.15, 0.2) is 24.3 Å². The highest BCUT2D eigenvalue weighted by atomic mass is 35.5. The summed E-state index contributed by atoms with van der Waals surface area (Å²) in [5, 5.41) is 3.14. The van der Waals surface area contributed by atoms with E-state index in [-0.39, 0.29) is 11.3 Å². The van der Waals surface area contributed by atoms with Crippen LogP contribution in [0.1, 0.15) is 20.3 Å². The molecule has 0 atom stereocenters. The van der Waals surface area contributed by atoms with E-state index in [9.17, 15) is 0 Å². The zero-order chi connectivity index (χ0) is 15.1. The van der Waals surface area contributed by atoms with Crippen molar-refractivity contribution in [2.45, 2.75) is 20.3 Å². The quantitative estimate of drug-likeness (QED) is 0.844. The van der Waals surface area contributed by atoms with Crippen LogP contribution in [0.4, 0.5) is 11.6 Å². The van der Waals surface area contributed by atoms with Gasteiger partial charge in [0.1, 0.15) is 5.75 Å². The summed E-state index contributed by atoms with van der Waals surface area (Å²) in [7, 11) is 0. The zero-order valence-corrected chi connectivity index (χ0v) is 12.7. The number of hydrogen-bond donors (Lipinski definition) is 1. The molecule has 0 aliphatic heterocycles. The van der Waals surface area contributed by atoms with Crippen LogP contribution >= 0.6 is 11.6 Å². The predicted octanol–water partition coefficient (Wildman–Crippen LogP) is 3.46. The number of benzene rings is 1. The van der Waals surface area contributed by atoms with Crippen molar-refractivity contribution in [1.29, 1.82) is 0 Å². The smallest absolute Gasteiger partial charge is 0.322 e. The van der Waals surface area contributed by atoms with E-state index in [4.69, 9.17) is 21.1 Å². The maximum absolute atomic E-state index is 5.87. The first-order chi connectivity index (χ1) is 10.2. The van der Waals surface area contributed by atoms with Gasteiger partial charge >= 0.3 is 6.01 Å². The van der Waals surface area contributed by atoms with Crippen molar-refractivity contribution in [1.82, 2.24) is 15.0 Å². The Bertz CT molecular complexity index is 595. The highest BCUT2D eigenvalue weighted by molar-refractivity contribution is 6.28. The van der Waals surface area contributed by atoms with E-state index < -0.39 is 0 Å². The summed E-state index contributed by atoms with van der Waals surface area (Å²) in [6, 6.07) is 7.70. The molecule has 2 aromatic rings. The van der Waals surface area contributed by atoms with Crippen LogP contribution in [0.5, 0.6) is 11.8 Å². The fourth-order valence-corrected chi connectivity index (χ4v) is 1.76. The fraction of sp³-hybridized carbons (Fsp3) is 0.357. The SMILES string of the molecule is CCCOc1nc(Cl)nc(Nc2cccc(OCC)c2)n1. The largest absolute Gasteiger partial charge is 0.494 e. The van der Waals surface area contributed by atoms with Crippen LogP contribution < -0.4 is 14.8 Å². The third kappa shape index (κ3) is 4.75. The Labute approximate surface area is 128 Å². The molecule has 0 fully saturated rings. The van der Waals surface area contributed by atoms with Gasteiger partial charge < -0.3 is 14.8 Å². The molecule has 0 radical (unpaired) electrons. The fourth-order valence-electron chi connectivity index (χ4n) is 1.61. The Kier molecular flexibility index (Phi) is 5.57. The van der Waals surface area contributed by atoms with Crippen molar-refractivity contribution < 1.29 is 9.47 Å². The summed E-state index contributed by atoms with van der Waals surface area (Å²) in [6.07, 6.45) is 0.864. The topological polar surface area (TPSA) is 69.2 Å². The van der Waals surface area contributed by atoms with Crippen LogP contribution in [0.3, 0.4) is 0 Å². The third-order valence-corrected chi connectivity index (χ3v) is 2.59. The lowest BCUT2D eigenvalue weighted by Crippen LogP contribution is -2.05. The molecular formula is C14H17ClN4O2. The molecule has 112 valence electrons. The molecule has 0 spiro atoms. The monoisotopic (exact) mass is 308 g/mol. The van der Waals surface area contributed by atoms with E-state index in [0.29, 0.717) is 19.2 Å². The number of halogens is 1. The molecule has 0 saturated carbocycles. The van der Waals surface area contributed by atoms with Gasteiger partial charge in [-0.15, -0.1) is 0 Å². The summed E-state index contributed by atoms with van der Waals surface area (Å²) >= 11 is 5.87. The number of aromatic nitrogens is 3. The molecule has 6 nitrogen and oxygen atoms in total. The van der Waals surface area contributed by atoms with Gasteiger partial charge in [-0.3, -0.25) is 0 Å². The van der Waals surface area contributed by atoms with Crippen molar-refractivity contribution in [3.8, 4) is 11.8 Å². The lowest BCUT2D eigenvalue weighted by Gasteiger charge is -2.09. The molecule has 1 aromatic heterocycles. The minimum absolute atomic E-state index is 0.0829. The van der Waals surface area contributed by atoms with Gasteiger partial charge in [-0.25, -0.2) is 0 Å². The number of nitrogens with zero attached hydrogens (tertiary/aromatic N) is 3. The molecular weight excluding hydrogens is 292 g/mol. The van der Waals surface area contributed by atoms with Crippen molar-refractivity contribution >= 4 is 23.2 Å². The van der Waals surface area contributed by atoms with Gasteiger partial charge in [0.25, 0.3) is 0 Å². The number of hydrogen-bond acceptors (Lipinski definition) is 6. The van der Waals surface area contributed by atoms with Crippen LogP contribution in [-0.4, -0.2) is 28.2 Å². The van der Waals surface area contributed by atoms with Gasteiger partial charge in [-0.2, -0.15) is 15.0 Å². The maximum Gasteiger partial charge on any atom is 0.322 e. The molecule has 0 saturated heterocycles. The summed E-state index contributed by atoms with van der Waals surface area (Å²) < 4.78 is 10.8. The third-order valence-electron chi connectivity index (χ3n) is 2.42. The second kappa shape index (κ2) is 7.64. The summed E-state index contributed by atoms with van der Waals surface area (Å²) in [4.78, 5) is 12.1. The van der Waals surface area contributed by atoms with Gasteiger partial charge in [-0.05, 0) is 37.1 Å². The first kappa shape index (κ1) is 15.3. The van der Waals surface area contributed by atoms with Gasteiger partial charge in [0.15, 0.2) is 0 Å². The molecule has 1 aromatic carbocycles. The molecule has 0 bridgehead atoms. The van der Waals surface area contributed by atoms with E-state index in [1.165, 1.54) is 0 Å². The summed E-state index contributed by atoms with van der Waals surface area (Å²) in [6.45, 7) is 5.07.